The van der Waals surface area contributed by atoms with Crippen molar-refractivity contribution < 1.29 is 28.7 Å². The lowest BCUT2D eigenvalue weighted by Crippen LogP contribution is -2.56. The second-order valence-corrected chi connectivity index (χ2v) is 14.7. The maximum atomic E-state index is 14.6. The highest BCUT2D eigenvalue weighted by atomic mass is 16.6. The first kappa shape index (κ1) is 35.6. The number of hydrogen-bond acceptors (Lipinski definition) is 6. The standard InChI is InChI=1S/C43H46N2O6/c1-42(2,3)51-38(46)28-43(26-34-17-10-11-18-35(34)27-43)41(49)44-36(25-30-20-22-33(23-21-30)32-15-8-5-9-16-32)39(47)45-24-12-19-37(45)40(48)50-29-31-13-6-4-7-14-31/h4-11,13-18,20-23,36-37H,12,19,24-29H2,1-3H3,(H,44,49)/t36-,37-/m0/s1. The number of likely N-dealkylation sites (tertiary alicyclic amines) is 1. The van der Waals surface area contributed by atoms with E-state index < -0.39 is 35.0 Å². The number of ether oxygens (including phenoxy) is 2. The minimum atomic E-state index is -1.14. The molecule has 8 heteroatoms. The predicted molar refractivity (Wildman–Crippen MR) is 195 cm³/mol. The second kappa shape index (κ2) is 15.3. The molecule has 6 rings (SSSR count). The number of nitrogens with zero attached hydrogens (tertiary/aromatic N) is 1. The van der Waals surface area contributed by atoms with E-state index in [1.165, 1.54) is 0 Å². The van der Waals surface area contributed by atoms with Crippen LogP contribution in [0.25, 0.3) is 11.1 Å². The first-order valence-electron chi connectivity index (χ1n) is 17.7. The highest BCUT2D eigenvalue weighted by Gasteiger charge is 2.48. The first-order valence-corrected chi connectivity index (χ1v) is 17.7. The van der Waals surface area contributed by atoms with Gasteiger partial charge in [0.15, 0.2) is 0 Å². The summed E-state index contributed by atoms with van der Waals surface area (Å²) < 4.78 is 11.4. The van der Waals surface area contributed by atoms with E-state index in [0.29, 0.717) is 32.2 Å². The molecule has 1 saturated heterocycles. The summed E-state index contributed by atoms with van der Waals surface area (Å²) in [4.78, 5) is 57.3. The number of nitrogens with one attached hydrogen (secondary N) is 1. The summed E-state index contributed by atoms with van der Waals surface area (Å²) in [5.74, 6) is -1.66. The molecular weight excluding hydrogens is 640 g/mol. The van der Waals surface area contributed by atoms with Crippen molar-refractivity contribution in [1.82, 2.24) is 10.2 Å². The molecule has 2 atom stereocenters. The zero-order valence-electron chi connectivity index (χ0n) is 29.6. The summed E-state index contributed by atoms with van der Waals surface area (Å²) >= 11 is 0. The van der Waals surface area contributed by atoms with Gasteiger partial charge >= 0.3 is 11.9 Å². The van der Waals surface area contributed by atoms with E-state index >= 15 is 0 Å². The molecule has 4 aromatic rings. The van der Waals surface area contributed by atoms with Gasteiger partial charge in [0.2, 0.25) is 11.8 Å². The lowest BCUT2D eigenvalue weighted by atomic mass is 9.79. The quantitative estimate of drug-likeness (QED) is 0.178. The Hall–Kier alpha value is -5.24. The van der Waals surface area contributed by atoms with E-state index in [-0.39, 0.29) is 31.3 Å². The van der Waals surface area contributed by atoms with Gasteiger partial charge in [0.25, 0.3) is 0 Å². The Morgan fingerprint density at radius 2 is 1.37 bits per heavy atom. The maximum absolute atomic E-state index is 14.6. The zero-order valence-corrected chi connectivity index (χ0v) is 29.6. The van der Waals surface area contributed by atoms with Gasteiger partial charge in [-0.15, -0.1) is 0 Å². The third-order valence-corrected chi connectivity index (χ3v) is 9.70. The topological polar surface area (TPSA) is 102 Å². The minimum absolute atomic E-state index is 0.111. The van der Waals surface area contributed by atoms with Crippen LogP contribution in [-0.2, 0) is 54.5 Å². The van der Waals surface area contributed by atoms with Crippen molar-refractivity contribution >= 4 is 23.8 Å². The fourth-order valence-corrected chi connectivity index (χ4v) is 7.23. The Balaban J connectivity index is 1.26. The van der Waals surface area contributed by atoms with Crippen LogP contribution < -0.4 is 5.32 Å². The number of hydrogen-bond donors (Lipinski definition) is 1. The van der Waals surface area contributed by atoms with Crippen LogP contribution in [0.5, 0.6) is 0 Å². The molecule has 2 aliphatic rings. The van der Waals surface area contributed by atoms with Crippen molar-refractivity contribution in [2.24, 2.45) is 5.41 Å². The molecule has 1 heterocycles. The predicted octanol–water partition coefficient (Wildman–Crippen LogP) is 6.63. The molecule has 2 amide bonds. The molecule has 264 valence electrons. The van der Waals surface area contributed by atoms with Gasteiger partial charge in [-0.25, -0.2) is 4.79 Å². The molecule has 0 saturated carbocycles. The van der Waals surface area contributed by atoms with Gasteiger partial charge in [0, 0.05) is 13.0 Å². The van der Waals surface area contributed by atoms with Crippen molar-refractivity contribution in [3.05, 3.63) is 131 Å². The fourth-order valence-electron chi connectivity index (χ4n) is 7.23. The van der Waals surface area contributed by atoms with Crippen molar-refractivity contribution in [2.45, 2.75) is 83.6 Å². The number of benzene rings is 4. The highest BCUT2D eigenvalue weighted by Crippen LogP contribution is 2.41. The lowest BCUT2D eigenvalue weighted by molar-refractivity contribution is -0.160. The third-order valence-electron chi connectivity index (χ3n) is 9.70. The minimum Gasteiger partial charge on any atom is -0.460 e. The van der Waals surface area contributed by atoms with E-state index in [1.807, 2.05) is 109 Å². The first-order chi connectivity index (χ1) is 24.5. The molecule has 0 unspecified atom stereocenters. The number of carbonyl (C=O) groups excluding carboxylic acids is 4. The van der Waals surface area contributed by atoms with Crippen LogP contribution in [0.15, 0.2) is 109 Å². The fraction of sp³-hybridized carbons (Fsp3) is 0.349. The molecule has 8 nitrogen and oxygen atoms in total. The number of carbonyl (C=O) groups is 4. The summed E-state index contributed by atoms with van der Waals surface area (Å²) in [7, 11) is 0. The molecule has 1 aliphatic carbocycles. The van der Waals surface area contributed by atoms with E-state index in [0.717, 1.165) is 33.4 Å². The Labute approximate surface area is 300 Å². The normalized spacial score (nSPS) is 16.9. The average molecular weight is 687 g/mol. The van der Waals surface area contributed by atoms with E-state index in [9.17, 15) is 19.2 Å². The van der Waals surface area contributed by atoms with Crippen molar-refractivity contribution in [1.29, 1.82) is 0 Å². The Morgan fingerprint density at radius 3 is 2.00 bits per heavy atom. The highest BCUT2D eigenvalue weighted by molar-refractivity contribution is 5.95. The van der Waals surface area contributed by atoms with Gasteiger partial charge < -0.3 is 19.7 Å². The summed E-state index contributed by atoms with van der Waals surface area (Å²) in [5.41, 5.74) is 3.96. The second-order valence-electron chi connectivity index (χ2n) is 14.7. The molecule has 0 spiro atoms. The summed E-state index contributed by atoms with van der Waals surface area (Å²) in [6.45, 7) is 5.89. The molecule has 0 aromatic heterocycles. The van der Waals surface area contributed by atoms with Crippen LogP contribution in [0, 0.1) is 5.41 Å². The van der Waals surface area contributed by atoms with Gasteiger partial charge in [-0.3, -0.25) is 14.4 Å². The van der Waals surface area contributed by atoms with Crippen LogP contribution in [-0.4, -0.2) is 52.9 Å². The number of fused-ring (bicyclic) bond motifs is 1. The average Bonchev–Trinajstić information content (AvgIpc) is 3.76. The van der Waals surface area contributed by atoms with Gasteiger partial charge in [-0.2, -0.15) is 0 Å². The van der Waals surface area contributed by atoms with Crippen LogP contribution in [0.4, 0.5) is 0 Å². The summed E-state index contributed by atoms with van der Waals surface area (Å²) in [5, 5.41) is 3.10. The van der Waals surface area contributed by atoms with Crippen LogP contribution >= 0.6 is 0 Å². The van der Waals surface area contributed by atoms with Crippen molar-refractivity contribution in [2.75, 3.05) is 6.54 Å². The molecule has 1 N–H and O–H groups in total. The van der Waals surface area contributed by atoms with Crippen molar-refractivity contribution in [3.63, 3.8) is 0 Å². The van der Waals surface area contributed by atoms with Gasteiger partial charge in [-0.05, 0) is 79.8 Å². The van der Waals surface area contributed by atoms with E-state index in [2.05, 4.69) is 5.32 Å². The Kier molecular flexibility index (Phi) is 10.7. The largest absolute Gasteiger partial charge is 0.460 e. The summed E-state index contributed by atoms with van der Waals surface area (Å²) in [6, 6.07) is 33.5. The molecule has 1 aliphatic heterocycles. The van der Waals surface area contributed by atoms with Crippen LogP contribution in [0.3, 0.4) is 0 Å². The number of rotatable bonds is 11. The molecule has 0 radical (unpaired) electrons. The Morgan fingerprint density at radius 1 is 0.784 bits per heavy atom. The zero-order chi connectivity index (χ0) is 36.0. The molecular formula is C43H46N2O6. The van der Waals surface area contributed by atoms with Gasteiger partial charge in [0.1, 0.15) is 24.3 Å². The van der Waals surface area contributed by atoms with Gasteiger partial charge in [-0.1, -0.05) is 109 Å². The van der Waals surface area contributed by atoms with Crippen LogP contribution in [0.1, 0.15) is 62.3 Å². The molecule has 4 aromatic carbocycles. The monoisotopic (exact) mass is 686 g/mol. The summed E-state index contributed by atoms with van der Waals surface area (Å²) in [6.07, 6.45) is 1.88. The van der Waals surface area contributed by atoms with Gasteiger partial charge in [0.05, 0.1) is 11.8 Å². The SMILES string of the molecule is CC(C)(C)OC(=O)CC1(C(=O)N[C@@H](Cc2ccc(-c3ccccc3)cc2)C(=O)N2CCC[C@H]2C(=O)OCc2ccccc2)Cc2ccccc2C1. The number of esters is 2. The maximum Gasteiger partial charge on any atom is 0.329 e. The molecule has 1 fully saturated rings. The Bertz CT molecular complexity index is 1820. The smallest absolute Gasteiger partial charge is 0.329 e. The van der Waals surface area contributed by atoms with Crippen LogP contribution in [0.2, 0.25) is 0 Å². The molecule has 51 heavy (non-hydrogen) atoms. The van der Waals surface area contributed by atoms with Crippen molar-refractivity contribution in [3.8, 4) is 11.1 Å². The van der Waals surface area contributed by atoms with E-state index in [1.54, 1.807) is 25.7 Å². The third kappa shape index (κ3) is 8.74. The molecule has 0 bridgehead atoms. The van der Waals surface area contributed by atoms with E-state index in [4.69, 9.17) is 9.47 Å². The number of amides is 2. The lowest BCUT2D eigenvalue weighted by Gasteiger charge is -2.33.